The average Bonchev–Trinajstić information content (AvgIpc) is 2.17. The lowest BCUT2D eigenvalue weighted by atomic mass is 10.0. The molecule has 84 valence electrons. The van der Waals surface area contributed by atoms with Crippen LogP contribution in [0.5, 0.6) is 0 Å². The lowest BCUT2D eigenvalue weighted by Gasteiger charge is -2.24. The molecule has 0 radical (unpaired) electrons. The van der Waals surface area contributed by atoms with Crippen molar-refractivity contribution in [1.29, 1.82) is 0 Å². The zero-order chi connectivity index (χ0) is 10.6. The van der Waals surface area contributed by atoms with Crippen molar-refractivity contribution in [3.05, 3.63) is 0 Å². The average molecular weight is 220 g/mol. The minimum Gasteiger partial charge on any atom is -0.316 e. The predicted octanol–water partition coefficient (Wildman–Crippen LogP) is 0.267. The minimum atomic E-state index is -3.02. The number of piperidine rings is 1. The third-order valence-electron chi connectivity index (χ3n) is 2.77. The van der Waals surface area contributed by atoms with Gasteiger partial charge in [0.25, 0.3) is 0 Å². The maximum absolute atomic E-state index is 11.7. The van der Waals surface area contributed by atoms with E-state index < -0.39 is 10.0 Å². The van der Waals surface area contributed by atoms with Crippen LogP contribution in [-0.4, -0.2) is 45.2 Å². The Balaban J connectivity index is 2.49. The molecular formula is C9H20N2O2S. The van der Waals surface area contributed by atoms with Crippen molar-refractivity contribution in [1.82, 2.24) is 9.62 Å². The Bertz CT molecular complexity index is 258. The van der Waals surface area contributed by atoms with E-state index in [1.165, 1.54) is 4.31 Å². The molecule has 0 aromatic heterocycles. The van der Waals surface area contributed by atoms with Crippen LogP contribution in [-0.2, 0) is 10.0 Å². The molecular weight excluding hydrogens is 200 g/mol. The van der Waals surface area contributed by atoms with E-state index in [1.807, 2.05) is 6.92 Å². The van der Waals surface area contributed by atoms with E-state index in [2.05, 4.69) is 5.32 Å². The zero-order valence-electron chi connectivity index (χ0n) is 8.99. The molecule has 1 aliphatic rings. The van der Waals surface area contributed by atoms with Crippen molar-refractivity contribution in [2.45, 2.75) is 19.8 Å². The van der Waals surface area contributed by atoms with Gasteiger partial charge in [-0.05, 0) is 31.8 Å². The summed E-state index contributed by atoms with van der Waals surface area (Å²) in [4.78, 5) is 0. The first-order chi connectivity index (χ1) is 6.56. The van der Waals surface area contributed by atoms with Crippen LogP contribution in [0.2, 0.25) is 0 Å². The smallest absolute Gasteiger partial charge is 0.214 e. The molecule has 1 unspecified atom stereocenters. The quantitative estimate of drug-likeness (QED) is 0.740. The Morgan fingerprint density at radius 1 is 1.50 bits per heavy atom. The first kappa shape index (κ1) is 11.9. The van der Waals surface area contributed by atoms with Gasteiger partial charge in [-0.15, -0.1) is 0 Å². The first-order valence-electron chi connectivity index (χ1n) is 5.21. The van der Waals surface area contributed by atoms with Crippen LogP contribution in [0.1, 0.15) is 19.8 Å². The minimum absolute atomic E-state index is 0.294. The highest BCUT2D eigenvalue weighted by Crippen LogP contribution is 2.14. The maximum Gasteiger partial charge on any atom is 0.214 e. The fourth-order valence-electron chi connectivity index (χ4n) is 1.69. The van der Waals surface area contributed by atoms with Gasteiger partial charge in [-0.3, -0.25) is 0 Å². The number of rotatable bonds is 4. The summed E-state index contributed by atoms with van der Waals surface area (Å²) >= 11 is 0. The predicted molar refractivity (Wildman–Crippen MR) is 57.7 cm³/mol. The summed E-state index contributed by atoms with van der Waals surface area (Å²) in [7, 11) is -1.37. The molecule has 0 aliphatic carbocycles. The third kappa shape index (κ3) is 3.22. The molecule has 1 aliphatic heterocycles. The second kappa shape index (κ2) is 5.09. The van der Waals surface area contributed by atoms with Crippen LogP contribution >= 0.6 is 0 Å². The highest BCUT2D eigenvalue weighted by atomic mass is 32.2. The molecule has 0 bridgehead atoms. The van der Waals surface area contributed by atoms with Crippen LogP contribution in [0.25, 0.3) is 0 Å². The highest BCUT2D eigenvalue weighted by Gasteiger charge is 2.23. The van der Waals surface area contributed by atoms with E-state index in [0.29, 0.717) is 18.2 Å². The van der Waals surface area contributed by atoms with Crippen molar-refractivity contribution < 1.29 is 8.42 Å². The van der Waals surface area contributed by atoms with Gasteiger partial charge in [0.2, 0.25) is 10.0 Å². The molecule has 1 rings (SSSR count). The number of nitrogens with zero attached hydrogens (tertiary/aromatic N) is 1. The van der Waals surface area contributed by atoms with E-state index in [1.54, 1.807) is 7.05 Å². The number of nitrogens with one attached hydrogen (secondary N) is 1. The lowest BCUT2D eigenvalue weighted by Crippen LogP contribution is -2.38. The summed E-state index contributed by atoms with van der Waals surface area (Å²) in [5.41, 5.74) is 0. The van der Waals surface area contributed by atoms with Crippen LogP contribution in [0, 0.1) is 5.92 Å². The monoisotopic (exact) mass is 220 g/mol. The second-order valence-corrected chi connectivity index (χ2v) is 6.03. The summed E-state index contributed by atoms with van der Waals surface area (Å²) in [6.45, 7) is 4.29. The molecule has 0 amide bonds. The first-order valence-corrected chi connectivity index (χ1v) is 6.82. The van der Waals surface area contributed by atoms with Gasteiger partial charge in [-0.2, -0.15) is 0 Å². The molecule has 0 aromatic carbocycles. The summed E-state index contributed by atoms with van der Waals surface area (Å²) < 4.78 is 24.9. The fourth-order valence-corrected chi connectivity index (χ4v) is 3.22. The van der Waals surface area contributed by atoms with Crippen molar-refractivity contribution >= 4 is 10.0 Å². The molecule has 4 nitrogen and oxygen atoms in total. The largest absolute Gasteiger partial charge is 0.316 e. The molecule has 1 atom stereocenters. The molecule has 1 heterocycles. The van der Waals surface area contributed by atoms with Gasteiger partial charge in [0.05, 0.1) is 5.75 Å². The molecule has 1 fully saturated rings. The van der Waals surface area contributed by atoms with E-state index in [4.69, 9.17) is 0 Å². The van der Waals surface area contributed by atoms with Crippen LogP contribution in [0.4, 0.5) is 0 Å². The molecule has 0 spiro atoms. The molecule has 5 heteroatoms. The van der Waals surface area contributed by atoms with Gasteiger partial charge in [0.15, 0.2) is 0 Å². The highest BCUT2D eigenvalue weighted by molar-refractivity contribution is 7.89. The second-order valence-electron chi connectivity index (χ2n) is 3.91. The van der Waals surface area contributed by atoms with Gasteiger partial charge in [-0.25, -0.2) is 12.7 Å². The lowest BCUT2D eigenvalue weighted by molar-refractivity contribution is 0.394. The number of hydrogen-bond acceptors (Lipinski definition) is 3. The number of sulfonamides is 1. The molecule has 0 aromatic rings. The fraction of sp³-hybridized carbons (Fsp3) is 1.00. The van der Waals surface area contributed by atoms with Crippen molar-refractivity contribution in [2.24, 2.45) is 5.92 Å². The Morgan fingerprint density at radius 3 is 2.71 bits per heavy atom. The van der Waals surface area contributed by atoms with Crippen LogP contribution in [0.3, 0.4) is 0 Å². The Hall–Kier alpha value is -0.130. The van der Waals surface area contributed by atoms with Gasteiger partial charge in [0, 0.05) is 13.6 Å². The summed E-state index contributed by atoms with van der Waals surface area (Å²) in [6.07, 6.45) is 2.12. The number of hydrogen-bond donors (Lipinski definition) is 1. The topological polar surface area (TPSA) is 49.4 Å². The van der Waals surface area contributed by atoms with Gasteiger partial charge >= 0.3 is 0 Å². The zero-order valence-corrected chi connectivity index (χ0v) is 9.81. The van der Waals surface area contributed by atoms with Gasteiger partial charge < -0.3 is 5.32 Å². The van der Waals surface area contributed by atoms with E-state index in [-0.39, 0.29) is 0 Å². The summed E-state index contributed by atoms with van der Waals surface area (Å²) in [6, 6.07) is 0. The van der Waals surface area contributed by atoms with Crippen LogP contribution < -0.4 is 5.32 Å². The Labute approximate surface area is 86.7 Å². The standard InChI is InChI=1S/C9H20N2O2S/c1-3-11(2)14(12,13)8-9-5-4-6-10-7-9/h9-10H,3-8H2,1-2H3. The van der Waals surface area contributed by atoms with Crippen LogP contribution in [0.15, 0.2) is 0 Å². The Morgan fingerprint density at radius 2 is 2.21 bits per heavy atom. The van der Waals surface area contributed by atoms with E-state index in [0.717, 1.165) is 25.9 Å². The van der Waals surface area contributed by atoms with Crippen molar-refractivity contribution in [3.63, 3.8) is 0 Å². The molecule has 1 N–H and O–H groups in total. The van der Waals surface area contributed by atoms with Gasteiger partial charge in [-0.1, -0.05) is 6.92 Å². The third-order valence-corrected chi connectivity index (χ3v) is 4.87. The SMILES string of the molecule is CCN(C)S(=O)(=O)CC1CCCNC1. The summed E-state index contributed by atoms with van der Waals surface area (Å²) in [5.74, 6) is 0.590. The maximum atomic E-state index is 11.7. The molecule has 1 saturated heterocycles. The Kier molecular flexibility index (Phi) is 4.34. The van der Waals surface area contributed by atoms with E-state index >= 15 is 0 Å². The molecule has 0 saturated carbocycles. The van der Waals surface area contributed by atoms with Crippen molar-refractivity contribution in [2.75, 3.05) is 32.4 Å². The normalized spacial score (nSPS) is 24.1. The molecule has 14 heavy (non-hydrogen) atoms. The summed E-state index contributed by atoms with van der Waals surface area (Å²) in [5, 5.41) is 3.23. The van der Waals surface area contributed by atoms with Crippen molar-refractivity contribution in [3.8, 4) is 0 Å². The van der Waals surface area contributed by atoms with E-state index in [9.17, 15) is 8.42 Å². The van der Waals surface area contributed by atoms with Gasteiger partial charge in [0.1, 0.15) is 0 Å².